The van der Waals surface area contributed by atoms with Gasteiger partial charge in [-0.25, -0.2) is 19.9 Å². The van der Waals surface area contributed by atoms with E-state index in [4.69, 9.17) is 24.9 Å². The molecule has 5 aromatic carbocycles. The van der Waals surface area contributed by atoms with Crippen molar-refractivity contribution in [3.63, 3.8) is 0 Å². The number of benzene rings is 5. The van der Waals surface area contributed by atoms with Crippen LogP contribution in [0.2, 0.25) is 0 Å². The van der Waals surface area contributed by atoms with Crippen LogP contribution in [0.25, 0.3) is 79.1 Å². The van der Waals surface area contributed by atoms with Gasteiger partial charge in [0.1, 0.15) is 11.4 Å². The van der Waals surface area contributed by atoms with Crippen LogP contribution in [-0.2, 0) is 6.42 Å². The van der Waals surface area contributed by atoms with Gasteiger partial charge in [-0.2, -0.15) is 0 Å². The van der Waals surface area contributed by atoms with E-state index in [1.165, 1.54) is 33.4 Å². The molecule has 1 aliphatic carbocycles. The molecule has 1 aliphatic rings. The largest absolute Gasteiger partial charge is 0.252 e. The SMILES string of the molecule is C.c1ccc(-c2ccc(-c3nc(-c4ccccc4)nc(-c4cccc(-c5cccc6c5Cc5c(-c7ccccc7)cccc5-6)n4)n3)nc2)cc1. The highest BCUT2D eigenvalue weighted by Crippen LogP contribution is 2.45. The van der Waals surface area contributed by atoms with Crippen molar-refractivity contribution in [2.45, 2.75) is 13.8 Å². The summed E-state index contributed by atoms with van der Waals surface area (Å²) >= 11 is 0. The predicted octanol–water partition coefficient (Wildman–Crippen LogP) is 10.9. The van der Waals surface area contributed by atoms with Crippen molar-refractivity contribution >= 4 is 0 Å². The molecule has 0 saturated carbocycles. The summed E-state index contributed by atoms with van der Waals surface area (Å²) in [5.74, 6) is 1.58. The van der Waals surface area contributed by atoms with Crippen molar-refractivity contribution in [2.75, 3.05) is 0 Å². The zero-order chi connectivity index (χ0) is 32.6. The van der Waals surface area contributed by atoms with E-state index in [1.54, 1.807) is 0 Å². The lowest BCUT2D eigenvalue weighted by atomic mass is 9.96. The molecular formula is C45H33N5. The van der Waals surface area contributed by atoms with E-state index in [9.17, 15) is 0 Å². The second-order valence-corrected chi connectivity index (χ2v) is 12.1. The minimum atomic E-state index is 0. The van der Waals surface area contributed by atoms with E-state index < -0.39 is 0 Å². The summed E-state index contributed by atoms with van der Waals surface area (Å²) in [4.78, 5) is 24.7. The summed E-state index contributed by atoms with van der Waals surface area (Å²) in [5, 5.41) is 0. The molecule has 5 heteroatoms. The molecule has 0 saturated heterocycles. The fourth-order valence-electron chi connectivity index (χ4n) is 6.72. The molecule has 0 aliphatic heterocycles. The van der Waals surface area contributed by atoms with Crippen LogP contribution in [0.1, 0.15) is 18.6 Å². The zero-order valence-corrected chi connectivity index (χ0v) is 26.5. The van der Waals surface area contributed by atoms with E-state index in [0.717, 1.165) is 34.4 Å². The maximum Gasteiger partial charge on any atom is 0.182 e. The van der Waals surface area contributed by atoms with Gasteiger partial charge in [-0.15, -0.1) is 0 Å². The molecule has 0 atom stereocenters. The number of pyridine rings is 2. The highest BCUT2D eigenvalue weighted by molar-refractivity contribution is 5.89. The van der Waals surface area contributed by atoms with Gasteiger partial charge in [-0.05, 0) is 63.6 Å². The van der Waals surface area contributed by atoms with E-state index in [0.29, 0.717) is 28.9 Å². The maximum atomic E-state index is 5.18. The van der Waals surface area contributed by atoms with Gasteiger partial charge >= 0.3 is 0 Å². The fraction of sp³-hybridized carbons (Fsp3) is 0.0444. The molecule has 0 spiro atoms. The van der Waals surface area contributed by atoms with Crippen LogP contribution in [0.4, 0.5) is 0 Å². The van der Waals surface area contributed by atoms with Gasteiger partial charge in [-0.1, -0.05) is 147 Å². The standard InChI is InChI=1S/C44H29N5.CH4/c1-4-13-29(14-5-1)32-25-26-40(45-28-32)43-47-42(31-17-8-3-9-18-31)48-44(49-43)41-24-12-23-39(46-41)36-22-11-21-35-34-20-10-19-33(37(34)27-38(35)36)30-15-6-2-7-16-30;/h1-26,28H,27H2;1H4. The first-order chi connectivity index (χ1) is 24.3. The molecule has 0 radical (unpaired) electrons. The summed E-state index contributed by atoms with van der Waals surface area (Å²) in [7, 11) is 0. The van der Waals surface area contributed by atoms with Crippen LogP contribution >= 0.6 is 0 Å². The van der Waals surface area contributed by atoms with E-state index in [2.05, 4.69) is 91.0 Å². The Morgan fingerprint density at radius 2 is 0.840 bits per heavy atom. The molecule has 50 heavy (non-hydrogen) atoms. The number of hydrogen-bond acceptors (Lipinski definition) is 5. The van der Waals surface area contributed by atoms with Crippen molar-refractivity contribution in [1.29, 1.82) is 0 Å². The average Bonchev–Trinajstić information content (AvgIpc) is 3.58. The van der Waals surface area contributed by atoms with Gasteiger partial charge in [0.2, 0.25) is 0 Å². The van der Waals surface area contributed by atoms with Gasteiger partial charge in [0, 0.05) is 22.9 Å². The number of hydrogen-bond donors (Lipinski definition) is 0. The molecule has 0 N–H and O–H groups in total. The number of fused-ring (bicyclic) bond motifs is 3. The minimum Gasteiger partial charge on any atom is -0.252 e. The van der Waals surface area contributed by atoms with Crippen molar-refractivity contribution in [1.82, 2.24) is 24.9 Å². The third kappa shape index (κ3) is 5.65. The van der Waals surface area contributed by atoms with Crippen LogP contribution in [0.3, 0.4) is 0 Å². The molecule has 3 aromatic heterocycles. The zero-order valence-electron chi connectivity index (χ0n) is 26.5. The Kier molecular flexibility index (Phi) is 8.07. The summed E-state index contributed by atoms with van der Waals surface area (Å²) in [6.45, 7) is 0. The monoisotopic (exact) mass is 643 g/mol. The lowest BCUT2D eigenvalue weighted by Gasteiger charge is -2.11. The van der Waals surface area contributed by atoms with E-state index in [-0.39, 0.29) is 7.43 Å². The van der Waals surface area contributed by atoms with Crippen molar-refractivity contribution < 1.29 is 0 Å². The molecule has 3 heterocycles. The van der Waals surface area contributed by atoms with Crippen molar-refractivity contribution in [3.8, 4) is 79.1 Å². The first-order valence-corrected chi connectivity index (χ1v) is 16.4. The summed E-state index contributed by atoms with van der Waals surface area (Å²) in [6.07, 6.45) is 2.71. The number of nitrogens with zero attached hydrogens (tertiary/aromatic N) is 5. The van der Waals surface area contributed by atoms with Gasteiger partial charge < -0.3 is 0 Å². The Labute approximate surface area is 292 Å². The topological polar surface area (TPSA) is 64.5 Å². The first-order valence-electron chi connectivity index (χ1n) is 16.4. The molecule has 0 amide bonds. The maximum absolute atomic E-state index is 5.18. The third-order valence-corrected chi connectivity index (χ3v) is 9.10. The first kappa shape index (κ1) is 30.7. The summed E-state index contributed by atoms with van der Waals surface area (Å²) < 4.78 is 0. The normalized spacial score (nSPS) is 11.4. The molecule has 0 bridgehead atoms. The average molecular weight is 644 g/mol. The van der Waals surface area contributed by atoms with Crippen LogP contribution in [0, 0.1) is 0 Å². The molecule has 5 nitrogen and oxygen atoms in total. The predicted molar refractivity (Wildman–Crippen MR) is 203 cm³/mol. The van der Waals surface area contributed by atoms with E-state index in [1.807, 2.05) is 72.9 Å². The second kappa shape index (κ2) is 13.1. The van der Waals surface area contributed by atoms with E-state index >= 15 is 0 Å². The Morgan fingerprint density at radius 3 is 1.50 bits per heavy atom. The van der Waals surface area contributed by atoms with Gasteiger partial charge in [0.15, 0.2) is 17.5 Å². The number of rotatable bonds is 6. The fourth-order valence-corrected chi connectivity index (χ4v) is 6.72. The molecular weight excluding hydrogens is 611 g/mol. The Bertz CT molecular complexity index is 2440. The Balaban J connectivity index is 0.00000361. The van der Waals surface area contributed by atoms with Crippen molar-refractivity contribution in [3.05, 3.63) is 175 Å². The Morgan fingerprint density at radius 1 is 0.320 bits per heavy atom. The summed E-state index contributed by atoms with van der Waals surface area (Å²) in [5.41, 5.74) is 14.1. The van der Waals surface area contributed by atoms with Crippen LogP contribution < -0.4 is 0 Å². The molecule has 0 fully saturated rings. The van der Waals surface area contributed by atoms with Crippen molar-refractivity contribution in [2.24, 2.45) is 0 Å². The molecule has 8 aromatic rings. The second-order valence-electron chi connectivity index (χ2n) is 12.1. The highest BCUT2D eigenvalue weighted by Gasteiger charge is 2.25. The smallest absolute Gasteiger partial charge is 0.182 e. The van der Waals surface area contributed by atoms with Crippen LogP contribution in [0.5, 0.6) is 0 Å². The van der Waals surface area contributed by atoms with Crippen LogP contribution in [0.15, 0.2) is 164 Å². The molecule has 238 valence electrons. The van der Waals surface area contributed by atoms with Gasteiger partial charge in [-0.3, -0.25) is 4.98 Å². The summed E-state index contributed by atoms with van der Waals surface area (Å²) in [6, 6.07) is 54.1. The number of aromatic nitrogens is 5. The lowest BCUT2D eigenvalue weighted by Crippen LogP contribution is -2.02. The van der Waals surface area contributed by atoms with Crippen LogP contribution in [-0.4, -0.2) is 24.9 Å². The highest BCUT2D eigenvalue weighted by atomic mass is 15.1. The molecule has 0 unspecified atom stereocenters. The quantitative estimate of drug-likeness (QED) is 0.180. The lowest BCUT2D eigenvalue weighted by molar-refractivity contribution is 1.05. The minimum absolute atomic E-state index is 0. The van der Waals surface area contributed by atoms with Gasteiger partial charge in [0.25, 0.3) is 0 Å². The third-order valence-electron chi connectivity index (χ3n) is 9.10. The Hall–Kier alpha value is -6.59. The van der Waals surface area contributed by atoms with Gasteiger partial charge in [0.05, 0.1) is 5.69 Å². The molecule has 9 rings (SSSR count).